The van der Waals surface area contributed by atoms with Crippen LogP contribution in [0, 0.1) is 0 Å². The fourth-order valence-electron chi connectivity index (χ4n) is 6.21. The molecule has 2 aromatic carbocycles. The van der Waals surface area contributed by atoms with Crippen molar-refractivity contribution >= 4 is 11.8 Å². The highest BCUT2D eigenvalue weighted by molar-refractivity contribution is 6.02. The van der Waals surface area contributed by atoms with Gasteiger partial charge in [0.05, 0.1) is 40.4 Å². The number of hydrogen-bond acceptors (Lipinski definition) is 7. The van der Waals surface area contributed by atoms with Gasteiger partial charge in [-0.15, -0.1) is 0 Å². The highest BCUT2D eigenvalue weighted by atomic mass is 16.5. The number of carbonyl (C=O) groups is 2. The van der Waals surface area contributed by atoms with E-state index in [-0.39, 0.29) is 11.8 Å². The van der Waals surface area contributed by atoms with Crippen LogP contribution in [0.5, 0.6) is 23.0 Å². The number of likely N-dealkylation sites (tertiary alicyclic amines) is 1. The molecule has 0 aliphatic carbocycles. The normalized spacial score (nSPS) is 21.0. The molecule has 40 heavy (non-hydrogen) atoms. The summed E-state index contributed by atoms with van der Waals surface area (Å²) in [5, 5.41) is 3.19. The monoisotopic (exact) mass is 553 g/mol. The molecule has 2 aliphatic heterocycles. The molecule has 9 nitrogen and oxygen atoms in total. The summed E-state index contributed by atoms with van der Waals surface area (Å²) in [7, 11) is 7.95. The predicted octanol–water partition coefficient (Wildman–Crippen LogP) is 4.40. The third-order valence-corrected chi connectivity index (χ3v) is 8.35. The van der Waals surface area contributed by atoms with Gasteiger partial charge in [0.1, 0.15) is 0 Å². The van der Waals surface area contributed by atoms with Crippen molar-refractivity contribution in [2.24, 2.45) is 0 Å². The van der Waals surface area contributed by atoms with Crippen molar-refractivity contribution < 1.29 is 28.5 Å². The van der Waals surface area contributed by atoms with Crippen LogP contribution in [-0.2, 0) is 4.79 Å². The van der Waals surface area contributed by atoms with Gasteiger partial charge in [0.15, 0.2) is 23.0 Å². The number of nitrogens with zero attached hydrogens (tertiary/aromatic N) is 2. The van der Waals surface area contributed by atoms with Crippen LogP contribution in [0.4, 0.5) is 0 Å². The summed E-state index contributed by atoms with van der Waals surface area (Å²) >= 11 is 0. The zero-order valence-electron chi connectivity index (χ0n) is 24.6. The van der Waals surface area contributed by atoms with Crippen LogP contribution >= 0.6 is 0 Å². The summed E-state index contributed by atoms with van der Waals surface area (Å²) in [6, 6.07) is 9.00. The molecule has 2 aliphatic rings. The van der Waals surface area contributed by atoms with Gasteiger partial charge in [0.2, 0.25) is 5.91 Å². The molecule has 2 amide bonds. The number of rotatable bonds is 11. The Morgan fingerprint density at radius 2 is 1.62 bits per heavy atom. The lowest BCUT2D eigenvalue weighted by Crippen LogP contribution is -2.46. The Hall–Kier alpha value is -3.46. The van der Waals surface area contributed by atoms with Crippen molar-refractivity contribution in [2.45, 2.75) is 57.0 Å². The predicted molar refractivity (Wildman–Crippen MR) is 154 cm³/mol. The van der Waals surface area contributed by atoms with Crippen LogP contribution in [0.2, 0.25) is 0 Å². The van der Waals surface area contributed by atoms with Crippen LogP contribution < -0.4 is 24.3 Å². The third kappa shape index (κ3) is 5.84. The Kier molecular flexibility index (Phi) is 9.79. The summed E-state index contributed by atoms with van der Waals surface area (Å²) in [6.07, 6.45) is 5.80. The maximum atomic E-state index is 14.0. The summed E-state index contributed by atoms with van der Waals surface area (Å²) < 4.78 is 22.0. The van der Waals surface area contributed by atoms with E-state index >= 15 is 0 Å². The number of fused-ring (bicyclic) bond motifs is 1. The minimum absolute atomic E-state index is 0.140. The molecule has 2 aromatic rings. The number of methoxy groups -OCH3 is 4. The maximum absolute atomic E-state index is 14.0. The molecule has 1 N–H and O–H groups in total. The van der Waals surface area contributed by atoms with Gasteiger partial charge < -0.3 is 34.1 Å². The number of ether oxygens (including phenoxy) is 4. The standard InChI is InChI=1S/C31H43N3O6/c1-7-21-11-8-9-15-34(21)16-10-14-32-30(35)28-22-18-26(39-5)27(40-6)19-23(22)31(36)33(2)29(28)20-12-13-24(37-3)25(17-20)38-4/h12-13,17-19,21,28-29H,7-11,14-16H2,1-6H3,(H,32,35)/t21-,28+,29+/m1/s1. The lowest BCUT2D eigenvalue weighted by Gasteiger charge is -2.40. The van der Waals surface area contributed by atoms with Gasteiger partial charge in [-0.05, 0) is 67.6 Å². The largest absolute Gasteiger partial charge is 0.493 e. The Morgan fingerprint density at radius 1 is 0.950 bits per heavy atom. The van der Waals surface area contributed by atoms with Crippen LogP contribution in [0.15, 0.2) is 30.3 Å². The number of nitrogens with one attached hydrogen (secondary N) is 1. The summed E-state index contributed by atoms with van der Waals surface area (Å²) in [5.41, 5.74) is 1.81. The second kappa shape index (κ2) is 13.3. The van der Waals surface area contributed by atoms with Gasteiger partial charge in [-0.25, -0.2) is 0 Å². The van der Waals surface area contributed by atoms with Gasteiger partial charge in [0, 0.05) is 31.7 Å². The highest BCUT2D eigenvalue weighted by Gasteiger charge is 2.43. The Bertz CT molecular complexity index is 1200. The van der Waals surface area contributed by atoms with Crippen molar-refractivity contribution in [1.82, 2.24) is 15.1 Å². The average Bonchev–Trinajstić information content (AvgIpc) is 2.99. The molecule has 0 aromatic heterocycles. The second-order valence-electron chi connectivity index (χ2n) is 10.5. The van der Waals surface area contributed by atoms with E-state index < -0.39 is 12.0 Å². The summed E-state index contributed by atoms with van der Waals surface area (Å²) in [6.45, 7) is 4.89. The fourth-order valence-corrected chi connectivity index (χ4v) is 6.21. The van der Waals surface area contributed by atoms with Crippen molar-refractivity contribution in [3.8, 4) is 23.0 Å². The molecule has 2 heterocycles. The van der Waals surface area contributed by atoms with Crippen LogP contribution in [0.25, 0.3) is 0 Å². The summed E-state index contributed by atoms with van der Waals surface area (Å²) in [5.74, 6) is 1.01. The number of benzene rings is 2. The fraction of sp³-hybridized carbons (Fsp3) is 0.548. The minimum atomic E-state index is -0.672. The average molecular weight is 554 g/mol. The Labute approximate surface area is 237 Å². The highest BCUT2D eigenvalue weighted by Crippen LogP contribution is 2.46. The quantitative estimate of drug-likeness (QED) is 0.413. The first-order valence-electron chi connectivity index (χ1n) is 14.1. The van der Waals surface area contributed by atoms with E-state index in [9.17, 15) is 9.59 Å². The van der Waals surface area contributed by atoms with Crippen molar-refractivity contribution in [3.05, 3.63) is 47.0 Å². The third-order valence-electron chi connectivity index (χ3n) is 8.35. The zero-order valence-corrected chi connectivity index (χ0v) is 24.6. The van der Waals surface area contributed by atoms with E-state index in [2.05, 4.69) is 17.1 Å². The molecule has 0 bridgehead atoms. The molecular formula is C31H43N3O6. The van der Waals surface area contributed by atoms with E-state index in [1.54, 1.807) is 51.5 Å². The van der Waals surface area contributed by atoms with Gasteiger partial charge in [-0.3, -0.25) is 9.59 Å². The lowest BCUT2D eigenvalue weighted by atomic mass is 9.79. The molecule has 9 heteroatoms. The number of piperidine rings is 1. The van der Waals surface area contributed by atoms with E-state index in [1.807, 2.05) is 12.1 Å². The van der Waals surface area contributed by atoms with Gasteiger partial charge in [0.25, 0.3) is 5.91 Å². The van der Waals surface area contributed by atoms with Crippen molar-refractivity contribution in [3.63, 3.8) is 0 Å². The zero-order chi connectivity index (χ0) is 28.8. The smallest absolute Gasteiger partial charge is 0.254 e. The first-order chi connectivity index (χ1) is 19.4. The van der Waals surface area contributed by atoms with Gasteiger partial charge in [-0.2, -0.15) is 0 Å². The van der Waals surface area contributed by atoms with Crippen LogP contribution in [-0.4, -0.2) is 82.8 Å². The van der Waals surface area contributed by atoms with Gasteiger partial charge >= 0.3 is 0 Å². The van der Waals surface area contributed by atoms with Crippen molar-refractivity contribution in [1.29, 1.82) is 0 Å². The SMILES string of the molecule is CC[C@@H]1CCCCN1CCCNC(=O)[C@H]1c2cc(OC)c(OC)cc2C(=O)N(C)[C@H]1c1ccc(OC)c(OC)c1. The molecule has 4 rings (SSSR count). The lowest BCUT2D eigenvalue weighted by molar-refractivity contribution is -0.124. The molecule has 0 saturated carbocycles. The van der Waals surface area contributed by atoms with Crippen LogP contribution in [0.1, 0.15) is 72.5 Å². The molecule has 3 atom stereocenters. The molecule has 1 fully saturated rings. The Balaban J connectivity index is 1.66. The molecule has 218 valence electrons. The first kappa shape index (κ1) is 29.5. The Morgan fingerprint density at radius 3 is 2.30 bits per heavy atom. The van der Waals surface area contributed by atoms with Crippen LogP contribution in [0.3, 0.4) is 0 Å². The molecule has 1 saturated heterocycles. The first-order valence-corrected chi connectivity index (χ1v) is 14.1. The van der Waals surface area contributed by atoms with E-state index in [4.69, 9.17) is 18.9 Å². The maximum Gasteiger partial charge on any atom is 0.254 e. The number of amides is 2. The number of hydrogen-bond donors (Lipinski definition) is 1. The molecule has 0 spiro atoms. The van der Waals surface area contributed by atoms with E-state index in [0.717, 1.165) is 31.5 Å². The topological polar surface area (TPSA) is 89.6 Å². The minimum Gasteiger partial charge on any atom is -0.493 e. The number of likely N-dealkylation sites (N-methyl/N-ethyl adjacent to an activating group) is 1. The van der Waals surface area contributed by atoms with Crippen molar-refractivity contribution in [2.75, 3.05) is 55.1 Å². The molecule has 0 unspecified atom stereocenters. The molecular weight excluding hydrogens is 510 g/mol. The number of carbonyl (C=O) groups excluding carboxylic acids is 2. The van der Waals surface area contributed by atoms with E-state index in [0.29, 0.717) is 46.7 Å². The second-order valence-corrected chi connectivity index (χ2v) is 10.5. The van der Waals surface area contributed by atoms with E-state index in [1.165, 1.54) is 26.4 Å². The molecule has 0 radical (unpaired) electrons. The van der Waals surface area contributed by atoms with Gasteiger partial charge in [-0.1, -0.05) is 19.4 Å². The summed E-state index contributed by atoms with van der Waals surface area (Å²) in [4.78, 5) is 31.8.